The lowest BCUT2D eigenvalue weighted by molar-refractivity contribution is -0.116. The molecular weight excluding hydrogens is 312 g/mol. The average molecular weight is 326 g/mol. The first-order valence-electron chi connectivity index (χ1n) is 6.95. The van der Waals surface area contributed by atoms with Crippen LogP contribution in [0.2, 0.25) is 0 Å². The second kappa shape index (κ2) is 7.42. The maximum atomic E-state index is 11.7. The van der Waals surface area contributed by atoms with Gasteiger partial charge in [-0.25, -0.2) is 4.98 Å². The number of carbonyl (C=O) groups is 1. The first-order chi connectivity index (χ1) is 11.3. The molecule has 1 amide bonds. The van der Waals surface area contributed by atoms with Gasteiger partial charge in [0.25, 0.3) is 5.19 Å². The number of ether oxygens (including phenoxy) is 1. The molecular formula is C17H14N2O3S. The third kappa shape index (κ3) is 4.55. The van der Waals surface area contributed by atoms with Gasteiger partial charge in [0.2, 0.25) is 5.91 Å². The fourth-order valence-electron chi connectivity index (χ4n) is 1.83. The summed E-state index contributed by atoms with van der Waals surface area (Å²) in [7, 11) is 0. The third-order valence-corrected chi connectivity index (χ3v) is 3.60. The zero-order chi connectivity index (χ0) is 15.9. The molecule has 0 fully saturated rings. The van der Waals surface area contributed by atoms with Gasteiger partial charge in [-0.05, 0) is 35.9 Å². The van der Waals surface area contributed by atoms with Gasteiger partial charge in [-0.1, -0.05) is 23.5 Å². The Hall–Kier alpha value is -2.86. The van der Waals surface area contributed by atoms with E-state index in [1.807, 2.05) is 29.6 Å². The zero-order valence-corrected chi connectivity index (χ0v) is 13.0. The topological polar surface area (TPSA) is 64.4 Å². The number of thiazole rings is 1. The van der Waals surface area contributed by atoms with Gasteiger partial charge in [-0.3, -0.25) is 4.79 Å². The van der Waals surface area contributed by atoms with Gasteiger partial charge in [0.05, 0.1) is 6.26 Å². The average Bonchev–Trinajstić information content (AvgIpc) is 3.26. The molecule has 23 heavy (non-hydrogen) atoms. The van der Waals surface area contributed by atoms with Crippen molar-refractivity contribution in [3.8, 4) is 10.9 Å². The Kier molecular flexibility index (Phi) is 4.85. The summed E-state index contributed by atoms with van der Waals surface area (Å²) >= 11 is 1.43. The van der Waals surface area contributed by atoms with Crippen LogP contribution in [0.15, 0.2) is 64.7 Å². The number of aromatic nitrogens is 1. The fraction of sp³-hybridized carbons (Fsp3) is 0.0588. The SMILES string of the molecule is O=C(/C=C/c1ccco1)NCc1ccc(Oc2nccs2)cc1. The van der Waals surface area contributed by atoms with Crippen molar-refractivity contribution >= 4 is 23.3 Å². The van der Waals surface area contributed by atoms with Crippen molar-refractivity contribution in [1.82, 2.24) is 10.3 Å². The van der Waals surface area contributed by atoms with Gasteiger partial charge in [-0.2, -0.15) is 0 Å². The predicted octanol–water partition coefficient (Wildman–Crippen LogP) is 3.86. The van der Waals surface area contributed by atoms with Crippen LogP contribution in [-0.4, -0.2) is 10.9 Å². The van der Waals surface area contributed by atoms with E-state index in [0.717, 1.165) is 5.56 Å². The smallest absolute Gasteiger partial charge is 0.278 e. The first kappa shape index (κ1) is 15.1. The molecule has 2 aromatic heterocycles. The Labute approximate surface area is 137 Å². The van der Waals surface area contributed by atoms with Crippen LogP contribution in [0, 0.1) is 0 Å². The molecule has 5 nitrogen and oxygen atoms in total. The van der Waals surface area contributed by atoms with Crippen molar-refractivity contribution in [2.75, 3.05) is 0 Å². The van der Waals surface area contributed by atoms with Crippen LogP contribution in [0.4, 0.5) is 0 Å². The van der Waals surface area contributed by atoms with Crippen LogP contribution in [0.3, 0.4) is 0 Å². The molecule has 0 saturated carbocycles. The highest BCUT2D eigenvalue weighted by Gasteiger charge is 2.01. The van der Waals surface area contributed by atoms with E-state index in [0.29, 0.717) is 23.2 Å². The van der Waals surface area contributed by atoms with E-state index in [1.54, 1.807) is 30.7 Å². The lowest BCUT2D eigenvalue weighted by atomic mass is 10.2. The molecule has 2 heterocycles. The number of amides is 1. The van der Waals surface area contributed by atoms with Crippen LogP contribution in [-0.2, 0) is 11.3 Å². The molecule has 0 aliphatic heterocycles. The Balaban J connectivity index is 1.49. The summed E-state index contributed by atoms with van der Waals surface area (Å²) in [5.74, 6) is 1.18. The second-order valence-corrected chi connectivity index (χ2v) is 5.47. The first-order valence-corrected chi connectivity index (χ1v) is 7.83. The summed E-state index contributed by atoms with van der Waals surface area (Å²) in [6.45, 7) is 0.443. The van der Waals surface area contributed by atoms with Gasteiger partial charge in [-0.15, -0.1) is 0 Å². The number of rotatable bonds is 6. The van der Waals surface area contributed by atoms with Crippen LogP contribution in [0.1, 0.15) is 11.3 Å². The number of furan rings is 1. The van der Waals surface area contributed by atoms with Crippen LogP contribution < -0.4 is 10.1 Å². The van der Waals surface area contributed by atoms with Crippen molar-refractivity contribution < 1.29 is 13.9 Å². The quantitative estimate of drug-likeness (QED) is 0.699. The number of hydrogen-bond acceptors (Lipinski definition) is 5. The summed E-state index contributed by atoms with van der Waals surface area (Å²) in [6, 6.07) is 11.1. The summed E-state index contributed by atoms with van der Waals surface area (Å²) in [4.78, 5) is 15.8. The summed E-state index contributed by atoms with van der Waals surface area (Å²) < 4.78 is 10.7. The van der Waals surface area contributed by atoms with Crippen molar-refractivity contribution in [2.24, 2.45) is 0 Å². The maximum absolute atomic E-state index is 11.7. The Morgan fingerprint density at radius 1 is 1.30 bits per heavy atom. The molecule has 0 atom stereocenters. The minimum Gasteiger partial charge on any atom is -0.465 e. The largest absolute Gasteiger partial charge is 0.465 e. The van der Waals surface area contributed by atoms with Gasteiger partial charge in [0.1, 0.15) is 11.5 Å². The zero-order valence-electron chi connectivity index (χ0n) is 12.1. The maximum Gasteiger partial charge on any atom is 0.278 e. The summed E-state index contributed by atoms with van der Waals surface area (Å²) in [6.07, 6.45) is 6.33. The molecule has 116 valence electrons. The van der Waals surface area contributed by atoms with E-state index in [4.69, 9.17) is 9.15 Å². The lowest BCUT2D eigenvalue weighted by Gasteiger charge is -2.05. The number of carbonyl (C=O) groups excluding carboxylic acids is 1. The molecule has 1 N–H and O–H groups in total. The number of nitrogens with zero attached hydrogens (tertiary/aromatic N) is 1. The molecule has 0 aliphatic carbocycles. The van der Waals surface area contributed by atoms with Gasteiger partial charge >= 0.3 is 0 Å². The molecule has 0 aliphatic rings. The highest BCUT2D eigenvalue weighted by molar-refractivity contribution is 7.11. The molecule has 0 bridgehead atoms. The van der Waals surface area contributed by atoms with Gasteiger partial charge < -0.3 is 14.5 Å². The predicted molar refractivity (Wildman–Crippen MR) is 88.2 cm³/mol. The highest BCUT2D eigenvalue weighted by Crippen LogP contribution is 2.23. The Morgan fingerprint density at radius 3 is 2.87 bits per heavy atom. The molecule has 3 rings (SSSR count). The van der Waals surface area contributed by atoms with Gasteiger partial charge in [0, 0.05) is 24.2 Å². The molecule has 3 aromatic rings. The van der Waals surface area contributed by atoms with E-state index in [9.17, 15) is 4.79 Å². The Morgan fingerprint density at radius 2 is 2.17 bits per heavy atom. The molecule has 0 saturated heterocycles. The molecule has 1 aromatic carbocycles. The third-order valence-electron chi connectivity index (χ3n) is 2.95. The van der Waals surface area contributed by atoms with Gasteiger partial charge in [0.15, 0.2) is 0 Å². The highest BCUT2D eigenvalue weighted by atomic mass is 32.1. The Bertz CT molecular complexity index is 763. The molecule has 0 unspecified atom stereocenters. The number of nitrogens with one attached hydrogen (secondary N) is 1. The van der Waals surface area contributed by atoms with Crippen molar-refractivity contribution in [3.63, 3.8) is 0 Å². The second-order valence-electron chi connectivity index (χ2n) is 4.61. The number of benzene rings is 1. The van der Waals surface area contributed by atoms with Crippen molar-refractivity contribution in [1.29, 1.82) is 0 Å². The lowest BCUT2D eigenvalue weighted by Crippen LogP contribution is -2.20. The molecule has 0 radical (unpaired) electrons. The van der Waals surface area contributed by atoms with Crippen molar-refractivity contribution in [3.05, 3.63) is 71.6 Å². The van der Waals surface area contributed by atoms with E-state index in [-0.39, 0.29) is 5.91 Å². The normalized spacial score (nSPS) is 10.8. The monoisotopic (exact) mass is 326 g/mol. The molecule has 0 spiro atoms. The van der Waals surface area contributed by atoms with Crippen molar-refractivity contribution in [2.45, 2.75) is 6.54 Å². The van der Waals surface area contributed by atoms with E-state index in [1.165, 1.54) is 17.4 Å². The molecule has 6 heteroatoms. The van der Waals surface area contributed by atoms with Crippen LogP contribution in [0.5, 0.6) is 10.9 Å². The summed E-state index contributed by atoms with van der Waals surface area (Å²) in [5, 5.41) is 5.27. The summed E-state index contributed by atoms with van der Waals surface area (Å²) in [5.41, 5.74) is 0.983. The minimum atomic E-state index is -0.176. The van der Waals surface area contributed by atoms with Crippen LogP contribution >= 0.6 is 11.3 Å². The van der Waals surface area contributed by atoms with Crippen LogP contribution in [0.25, 0.3) is 6.08 Å². The van der Waals surface area contributed by atoms with E-state index >= 15 is 0 Å². The number of hydrogen-bond donors (Lipinski definition) is 1. The van der Waals surface area contributed by atoms with E-state index in [2.05, 4.69) is 10.3 Å². The minimum absolute atomic E-state index is 0.176. The standard InChI is InChI=1S/C17H14N2O3S/c20-16(8-7-14-2-1-10-21-14)19-12-13-3-5-15(6-4-13)22-17-18-9-11-23-17/h1-11H,12H2,(H,19,20)/b8-7+. The fourth-order valence-corrected chi connectivity index (χ4v) is 2.33. The van der Waals surface area contributed by atoms with E-state index < -0.39 is 0 Å².